The summed E-state index contributed by atoms with van der Waals surface area (Å²) >= 11 is 0. The monoisotopic (exact) mass is 345 g/mol. The van der Waals surface area contributed by atoms with Crippen molar-refractivity contribution in [3.8, 4) is 5.75 Å². The molecule has 0 spiro atoms. The van der Waals surface area contributed by atoms with Crippen LogP contribution in [0.3, 0.4) is 0 Å². The molecule has 1 atom stereocenters. The molecule has 25 heavy (non-hydrogen) atoms. The van der Waals surface area contributed by atoms with Gasteiger partial charge in [-0.05, 0) is 57.7 Å². The Balaban J connectivity index is 2.03. The Hall–Kier alpha value is -2.30. The van der Waals surface area contributed by atoms with Crippen LogP contribution in [0.25, 0.3) is 6.08 Å². The van der Waals surface area contributed by atoms with Gasteiger partial charge in [0.25, 0.3) is 0 Å². The minimum Gasteiger partial charge on any atom is -0.444 e. The highest BCUT2D eigenvalue weighted by molar-refractivity contribution is 5.70. The van der Waals surface area contributed by atoms with Crippen molar-refractivity contribution in [1.29, 1.82) is 0 Å². The predicted octanol–water partition coefficient (Wildman–Crippen LogP) is 4.41. The van der Waals surface area contributed by atoms with E-state index in [4.69, 9.17) is 9.47 Å². The van der Waals surface area contributed by atoms with Crippen molar-refractivity contribution in [2.45, 2.75) is 58.6 Å². The number of hydrogen-bond donors (Lipinski definition) is 0. The van der Waals surface area contributed by atoms with Crippen LogP contribution in [0, 0.1) is 0 Å². The van der Waals surface area contributed by atoms with Crippen molar-refractivity contribution in [2.75, 3.05) is 6.54 Å². The molecule has 1 aromatic rings. The third-order valence-corrected chi connectivity index (χ3v) is 3.83. The normalized spacial score (nSPS) is 18.2. The Morgan fingerprint density at radius 1 is 1.16 bits per heavy atom. The highest BCUT2D eigenvalue weighted by atomic mass is 16.6. The van der Waals surface area contributed by atoms with Crippen LogP contribution in [0.2, 0.25) is 0 Å². The average molecular weight is 345 g/mol. The van der Waals surface area contributed by atoms with Gasteiger partial charge in [0.1, 0.15) is 11.4 Å². The lowest BCUT2D eigenvalue weighted by atomic mass is 10.0. The molecular formula is C20H27NO4. The Morgan fingerprint density at radius 2 is 1.84 bits per heavy atom. The van der Waals surface area contributed by atoms with Crippen LogP contribution in [0.4, 0.5) is 4.79 Å². The molecule has 0 saturated carbocycles. The second-order valence-electron chi connectivity index (χ2n) is 7.26. The van der Waals surface area contributed by atoms with Crippen LogP contribution in [-0.4, -0.2) is 35.2 Å². The van der Waals surface area contributed by atoms with Crippen molar-refractivity contribution in [1.82, 2.24) is 4.90 Å². The number of piperidine rings is 1. The van der Waals surface area contributed by atoms with Crippen molar-refractivity contribution in [3.63, 3.8) is 0 Å². The molecule has 1 fully saturated rings. The van der Waals surface area contributed by atoms with Crippen LogP contribution in [-0.2, 0) is 9.53 Å². The largest absolute Gasteiger partial charge is 0.444 e. The van der Waals surface area contributed by atoms with Crippen LogP contribution < -0.4 is 4.74 Å². The van der Waals surface area contributed by atoms with Gasteiger partial charge < -0.3 is 14.4 Å². The van der Waals surface area contributed by atoms with E-state index in [1.165, 1.54) is 6.92 Å². The maximum atomic E-state index is 12.4. The van der Waals surface area contributed by atoms with Gasteiger partial charge in [-0.15, -0.1) is 0 Å². The molecule has 1 aliphatic rings. The lowest BCUT2D eigenvalue weighted by molar-refractivity contribution is -0.131. The van der Waals surface area contributed by atoms with Crippen molar-refractivity contribution in [2.24, 2.45) is 0 Å². The minimum atomic E-state index is -0.491. The van der Waals surface area contributed by atoms with Gasteiger partial charge in [0, 0.05) is 13.5 Å². The first kappa shape index (κ1) is 19.0. The molecule has 0 aliphatic carbocycles. The SMILES string of the molecule is CC(=O)Oc1ccc(/C=C/[C@@H]2CCCCN2C(=O)OC(C)(C)C)cc1. The first-order valence-corrected chi connectivity index (χ1v) is 8.71. The molecule has 5 nitrogen and oxygen atoms in total. The number of ether oxygens (including phenoxy) is 2. The van der Waals surface area contributed by atoms with E-state index in [2.05, 4.69) is 0 Å². The van der Waals surface area contributed by atoms with Crippen LogP contribution in [0.5, 0.6) is 5.75 Å². The summed E-state index contributed by atoms with van der Waals surface area (Å²) in [4.78, 5) is 25.2. The summed E-state index contributed by atoms with van der Waals surface area (Å²) in [7, 11) is 0. The number of hydrogen-bond acceptors (Lipinski definition) is 4. The zero-order valence-corrected chi connectivity index (χ0v) is 15.5. The fourth-order valence-electron chi connectivity index (χ4n) is 2.74. The number of likely N-dealkylation sites (tertiary alicyclic amines) is 1. The van der Waals surface area contributed by atoms with Gasteiger partial charge in [0.15, 0.2) is 0 Å². The van der Waals surface area contributed by atoms with Gasteiger partial charge in [-0.25, -0.2) is 4.79 Å². The Morgan fingerprint density at radius 3 is 2.44 bits per heavy atom. The first-order valence-electron chi connectivity index (χ1n) is 8.71. The number of amides is 1. The lowest BCUT2D eigenvalue weighted by Crippen LogP contribution is -2.45. The maximum absolute atomic E-state index is 12.4. The van der Waals surface area contributed by atoms with Crippen LogP contribution >= 0.6 is 0 Å². The molecule has 0 aromatic heterocycles. The topological polar surface area (TPSA) is 55.8 Å². The second kappa shape index (κ2) is 8.19. The van der Waals surface area contributed by atoms with Crippen molar-refractivity contribution in [3.05, 3.63) is 35.9 Å². The number of carbonyl (C=O) groups excluding carboxylic acids is 2. The quantitative estimate of drug-likeness (QED) is 0.601. The van der Waals surface area contributed by atoms with Crippen molar-refractivity contribution >= 4 is 18.1 Å². The summed E-state index contributed by atoms with van der Waals surface area (Å²) in [6.07, 6.45) is 6.81. The molecule has 0 N–H and O–H groups in total. The van der Waals surface area contributed by atoms with Gasteiger partial charge in [0.05, 0.1) is 6.04 Å². The van der Waals surface area contributed by atoms with Gasteiger partial charge in [0.2, 0.25) is 0 Å². The maximum Gasteiger partial charge on any atom is 0.410 e. The zero-order valence-electron chi connectivity index (χ0n) is 15.5. The smallest absolute Gasteiger partial charge is 0.410 e. The molecule has 1 saturated heterocycles. The van der Waals surface area contributed by atoms with E-state index in [0.29, 0.717) is 5.75 Å². The van der Waals surface area contributed by atoms with E-state index in [1.54, 1.807) is 17.0 Å². The van der Waals surface area contributed by atoms with Gasteiger partial charge >= 0.3 is 12.1 Å². The van der Waals surface area contributed by atoms with Gasteiger partial charge in [-0.1, -0.05) is 24.3 Å². The van der Waals surface area contributed by atoms with E-state index in [-0.39, 0.29) is 18.1 Å². The summed E-state index contributed by atoms with van der Waals surface area (Å²) in [6, 6.07) is 7.32. The van der Waals surface area contributed by atoms with Crippen molar-refractivity contribution < 1.29 is 19.1 Å². The molecule has 0 radical (unpaired) electrons. The highest BCUT2D eigenvalue weighted by Gasteiger charge is 2.28. The summed E-state index contributed by atoms with van der Waals surface area (Å²) in [5.41, 5.74) is 0.501. The molecule has 0 bridgehead atoms. The van der Waals surface area contributed by atoms with E-state index >= 15 is 0 Å². The summed E-state index contributed by atoms with van der Waals surface area (Å²) in [6.45, 7) is 7.73. The summed E-state index contributed by atoms with van der Waals surface area (Å²) in [5.74, 6) is 0.191. The van der Waals surface area contributed by atoms with E-state index in [1.807, 2.05) is 45.1 Å². The average Bonchev–Trinajstić information content (AvgIpc) is 2.52. The number of esters is 1. The number of rotatable bonds is 3. The standard InChI is InChI=1S/C20H27NO4/c1-15(22)24-18-12-9-16(10-13-18)8-11-17-7-5-6-14-21(17)19(23)25-20(2,3)4/h8-13,17H,5-7,14H2,1-4H3/b11-8+/t17-/m0/s1. The fraction of sp³-hybridized carbons (Fsp3) is 0.500. The number of carbonyl (C=O) groups is 2. The Bertz CT molecular complexity index is 628. The van der Waals surface area contributed by atoms with Crippen LogP contribution in [0.1, 0.15) is 52.5 Å². The number of nitrogens with zero attached hydrogens (tertiary/aromatic N) is 1. The third-order valence-electron chi connectivity index (χ3n) is 3.83. The number of benzene rings is 1. The molecule has 1 aliphatic heterocycles. The molecule has 0 unspecified atom stereocenters. The predicted molar refractivity (Wildman–Crippen MR) is 97.4 cm³/mol. The van der Waals surface area contributed by atoms with Crippen LogP contribution in [0.15, 0.2) is 30.3 Å². The molecular weight excluding hydrogens is 318 g/mol. The molecule has 1 aromatic carbocycles. The fourth-order valence-corrected chi connectivity index (χ4v) is 2.74. The zero-order chi connectivity index (χ0) is 18.4. The molecule has 136 valence electrons. The van der Waals surface area contributed by atoms with E-state index in [9.17, 15) is 9.59 Å². The molecule has 1 amide bonds. The van der Waals surface area contributed by atoms with E-state index in [0.717, 1.165) is 31.4 Å². The first-order chi connectivity index (χ1) is 11.7. The highest BCUT2D eigenvalue weighted by Crippen LogP contribution is 2.22. The third kappa shape index (κ3) is 6.25. The second-order valence-corrected chi connectivity index (χ2v) is 7.26. The summed E-state index contributed by atoms with van der Waals surface area (Å²) < 4.78 is 10.5. The molecule has 5 heteroatoms. The summed E-state index contributed by atoms with van der Waals surface area (Å²) in [5, 5.41) is 0. The Kier molecular flexibility index (Phi) is 6.23. The Labute approximate surface area is 149 Å². The molecule has 1 heterocycles. The molecule has 2 rings (SSSR count). The minimum absolute atomic E-state index is 0.0387. The van der Waals surface area contributed by atoms with Gasteiger partial charge in [-0.2, -0.15) is 0 Å². The lowest BCUT2D eigenvalue weighted by Gasteiger charge is -2.35. The van der Waals surface area contributed by atoms with E-state index < -0.39 is 5.60 Å². The van der Waals surface area contributed by atoms with Gasteiger partial charge in [-0.3, -0.25) is 4.79 Å².